The van der Waals surface area contributed by atoms with Crippen molar-refractivity contribution in [2.75, 3.05) is 7.05 Å². The molecule has 0 aliphatic carbocycles. The van der Waals surface area contributed by atoms with E-state index in [0.29, 0.717) is 0 Å². The lowest BCUT2D eigenvalue weighted by Gasteiger charge is -2.42. The topological polar surface area (TPSA) is 20.3 Å². The summed E-state index contributed by atoms with van der Waals surface area (Å²) in [6, 6.07) is 0.123. The van der Waals surface area contributed by atoms with Gasteiger partial charge in [0.25, 0.3) is 0 Å². The van der Waals surface area contributed by atoms with Crippen molar-refractivity contribution in [1.29, 1.82) is 0 Å². The number of nitrogens with zero attached hydrogens (tertiary/aromatic N) is 1. The van der Waals surface area contributed by atoms with Crippen molar-refractivity contribution in [2.45, 2.75) is 50.9 Å². The average molecular weight is 290 g/mol. The van der Waals surface area contributed by atoms with Crippen LogP contribution in [0.1, 0.15) is 0 Å². The Balaban J connectivity index is 5.34. The van der Waals surface area contributed by atoms with E-state index in [2.05, 4.69) is 70.1 Å². The third kappa shape index (κ3) is 4.73. The van der Waals surface area contributed by atoms with Gasteiger partial charge in [-0.3, -0.25) is 4.79 Å². The fourth-order valence-corrected chi connectivity index (χ4v) is 6.73. The van der Waals surface area contributed by atoms with Gasteiger partial charge in [-0.2, -0.15) is 0 Å². The molecule has 5 heteroatoms. The SMILES string of the molecule is C=CC(C(C(=O)S)[Si](C)(C)C)N(C)[Si](C)(C)C. The van der Waals surface area contributed by atoms with E-state index in [1.54, 1.807) is 0 Å². The van der Waals surface area contributed by atoms with E-state index in [0.717, 1.165) is 0 Å². The number of carbonyl (C=O) groups excluding carboxylic acids is 1. The summed E-state index contributed by atoms with van der Waals surface area (Å²) in [5, 5.41) is 0.0131. The van der Waals surface area contributed by atoms with E-state index in [9.17, 15) is 4.79 Å². The van der Waals surface area contributed by atoms with Crippen LogP contribution in [-0.4, -0.2) is 39.1 Å². The molecule has 2 atom stereocenters. The summed E-state index contributed by atoms with van der Waals surface area (Å²) >= 11 is 4.11. The summed E-state index contributed by atoms with van der Waals surface area (Å²) in [5.41, 5.74) is 0.0139. The predicted octanol–water partition coefficient (Wildman–Crippen LogP) is 3.47. The smallest absolute Gasteiger partial charge is 0.188 e. The van der Waals surface area contributed by atoms with Crippen molar-refractivity contribution >= 4 is 34.1 Å². The Morgan fingerprint density at radius 3 is 1.82 bits per heavy atom. The highest BCUT2D eigenvalue weighted by Gasteiger charge is 2.40. The Labute approximate surface area is 114 Å². The molecule has 0 amide bonds. The van der Waals surface area contributed by atoms with Crippen LogP contribution in [0.3, 0.4) is 0 Å². The molecule has 2 unspecified atom stereocenters. The predicted molar refractivity (Wildman–Crippen MR) is 86.2 cm³/mol. The number of carbonyl (C=O) groups is 1. The standard InChI is InChI=1S/C12H27NOSSi2/c1-9-10(13(2)17(6,7)8)11(12(14)15)16(3,4)5/h9-11H,1H2,2-8H3,(H,14,15). The van der Waals surface area contributed by atoms with Gasteiger partial charge in [-0.25, -0.2) is 0 Å². The minimum absolute atomic E-state index is 0.0131. The molecule has 0 spiro atoms. The average Bonchev–Trinajstić information content (AvgIpc) is 2.08. The van der Waals surface area contributed by atoms with Gasteiger partial charge in [0.2, 0.25) is 0 Å². The molecule has 0 rings (SSSR count). The lowest BCUT2D eigenvalue weighted by atomic mass is 10.2. The zero-order valence-electron chi connectivity index (χ0n) is 12.2. The molecule has 0 aliphatic heterocycles. The second kappa shape index (κ2) is 5.86. The van der Waals surface area contributed by atoms with Crippen LogP contribution >= 0.6 is 12.6 Å². The third-order valence-corrected chi connectivity index (χ3v) is 8.69. The Morgan fingerprint density at radius 2 is 1.65 bits per heavy atom. The van der Waals surface area contributed by atoms with E-state index < -0.39 is 16.3 Å². The van der Waals surface area contributed by atoms with Crippen molar-refractivity contribution in [3.63, 3.8) is 0 Å². The van der Waals surface area contributed by atoms with Crippen LogP contribution in [0.4, 0.5) is 0 Å². The minimum Gasteiger partial charge on any atom is -0.320 e. The summed E-state index contributed by atoms with van der Waals surface area (Å²) in [5.74, 6) is 0. The Bertz CT molecular complexity index is 294. The second-order valence-electron chi connectivity index (χ2n) is 6.69. The van der Waals surface area contributed by atoms with E-state index >= 15 is 0 Å². The second-order valence-corrected chi connectivity index (χ2v) is 17.5. The highest BCUT2D eigenvalue weighted by molar-refractivity contribution is 7.97. The summed E-state index contributed by atoms with van der Waals surface area (Å²) in [7, 11) is -0.912. The molecule has 0 bridgehead atoms. The van der Waals surface area contributed by atoms with Gasteiger partial charge in [-0.1, -0.05) is 45.4 Å². The van der Waals surface area contributed by atoms with Gasteiger partial charge in [0.15, 0.2) is 5.12 Å². The van der Waals surface area contributed by atoms with Crippen LogP contribution in [0.15, 0.2) is 12.7 Å². The van der Waals surface area contributed by atoms with Gasteiger partial charge in [0, 0.05) is 11.6 Å². The van der Waals surface area contributed by atoms with Gasteiger partial charge >= 0.3 is 0 Å². The molecule has 0 saturated carbocycles. The molecule has 0 heterocycles. The molecule has 0 aromatic rings. The Hall–Kier alpha value is 0.154. The van der Waals surface area contributed by atoms with Crippen LogP contribution < -0.4 is 0 Å². The summed E-state index contributed by atoms with van der Waals surface area (Å²) in [6.07, 6.45) is 1.93. The Kier molecular flexibility index (Phi) is 5.92. The normalized spacial score (nSPS) is 16.8. The van der Waals surface area contributed by atoms with Gasteiger partial charge in [0.1, 0.15) is 8.24 Å². The van der Waals surface area contributed by atoms with Crippen molar-refractivity contribution in [2.24, 2.45) is 0 Å². The number of thiol groups is 1. The number of hydrogen-bond donors (Lipinski definition) is 1. The first-order valence-corrected chi connectivity index (χ1v) is 13.5. The highest BCUT2D eigenvalue weighted by Crippen LogP contribution is 2.33. The van der Waals surface area contributed by atoms with Crippen LogP contribution in [0.2, 0.25) is 44.8 Å². The summed E-state index contributed by atoms with van der Waals surface area (Å²) in [4.78, 5) is 11.9. The largest absolute Gasteiger partial charge is 0.320 e. The van der Waals surface area contributed by atoms with Gasteiger partial charge in [-0.05, 0) is 7.05 Å². The lowest BCUT2D eigenvalue weighted by Crippen LogP contribution is -2.54. The Morgan fingerprint density at radius 1 is 1.24 bits per heavy atom. The van der Waals surface area contributed by atoms with Crippen LogP contribution in [0.5, 0.6) is 0 Å². The van der Waals surface area contributed by atoms with Crippen molar-refractivity contribution in [1.82, 2.24) is 4.57 Å². The zero-order chi connectivity index (χ0) is 14.0. The molecule has 0 N–H and O–H groups in total. The minimum atomic E-state index is -1.59. The first kappa shape index (κ1) is 17.2. The molecule has 0 saturated heterocycles. The molecular formula is C12H27NOSSi2. The molecule has 2 nitrogen and oxygen atoms in total. The first-order valence-electron chi connectivity index (χ1n) is 6.01. The zero-order valence-corrected chi connectivity index (χ0v) is 15.1. The third-order valence-electron chi connectivity index (χ3n) is 3.29. The number of likely N-dealkylation sites (N-methyl/N-ethyl adjacent to an activating group) is 1. The quantitative estimate of drug-likeness (QED) is 0.459. The van der Waals surface area contributed by atoms with Crippen LogP contribution in [0, 0.1) is 0 Å². The van der Waals surface area contributed by atoms with E-state index in [1.165, 1.54) is 0 Å². The molecule has 0 aliphatic rings. The maximum Gasteiger partial charge on any atom is 0.188 e. The fraction of sp³-hybridized carbons (Fsp3) is 0.750. The van der Waals surface area contributed by atoms with Gasteiger partial charge in [-0.15, -0.1) is 19.2 Å². The molecule has 0 aromatic carbocycles. The maximum absolute atomic E-state index is 11.9. The van der Waals surface area contributed by atoms with Crippen molar-refractivity contribution in [3.05, 3.63) is 12.7 Å². The van der Waals surface area contributed by atoms with Gasteiger partial charge < -0.3 is 4.57 Å². The van der Waals surface area contributed by atoms with E-state index in [1.807, 2.05) is 6.08 Å². The molecule has 0 aromatic heterocycles. The molecule has 100 valence electrons. The van der Waals surface area contributed by atoms with E-state index in [4.69, 9.17) is 0 Å². The van der Waals surface area contributed by atoms with E-state index in [-0.39, 0.29) is 16.7 Å². The molecule has 0 fully saturated rings. The molecular weight excluding hydrogens is 262 g/mol. The lowest BCUT2D eigenvalue weighted by molar-refractivity contribution is -0.111. The monoisotopic (exact) mass is 289 g/mol. The number of hydrogen-bond acceptors (Lipinski definition) is 2. The van der Waals surface area contributed by atoms with Gasteiger partial charge in [0.05, 0.1) is 8.07 Å². The summed E-state index contributed by atoms with van der Waals surface area (Å²) in [6.45, 7) is 17.5. The molecule has 0 radical (unpaired) electrons. The van der Waals surface area contributed by atoms with Crippen LogP contribution in [-0.2, 0) is 4.79 Å². The van der Waals surface area contributed by atoms with Crippen molar-refractivity contribution in [3.8, 4) is 0 Å². The van der Waals surface area contributed by atoms with Crippen molar-refractivity contribution < 1.29 is 4.79 Å². The summed E-state index contributed by atoms with van der Waals surface area (Å²) < 4.78 is 2.36. The fourth-order valence-electron chi connectivity index (χ4n) is 1.99. The molecule has 17 heavy (non-hydrogen) atoms. The highest BCUT2D eigenvalue weighted by atomic mass is 32.1. The first-order chi connectivity index (χ1) is 7.42. The maximum atomic E-state index is 11.9. The number of rotatable bonds is 6. The van der Waals surface area contributed by atoms with Crippen LogP contribution in [0.25, 0.3) is 0 Å².